The molecule has 2 aliphatic rings. The Hall–Kier alpha value is -3.60. The van der Waals surface area contributed by atoms with Crippen molar-refractivity contribution >= 4 is 52.2 Å². The van der Waals surface area contributed by atoms with E-state index in [1.54, 1.807) is 12.1 Å². The van der Waals surface area contributed by atoms with E-state index in [0.717, 1.165) is 25.5 Å². The van der Waals surface area contributed by atoms with Crippen LogP contribution in [-0.2, 0) is 9.59 Å². The van der Waals surface area contributed by atoms with Crippen molar-refractivity contribution in [3.8, 4) is 17.2 Å². The molecule has 0 saturated carbocycles. The molecule has 2 aromatic carbocycles. The van der Waals surface area contributed by atoms with E-state index in [0.29, 0.717) is 17.1 Å². The number of benzene rings is 2. The molecular weight excluding hydrogens is 537 g/mol. The molecule has 33 heavy (non-hydrogen) atoms. The van der Waals surface area contributed by atoms with Crippen molar-refractivity contribution in [2.45, 2.75) is 13.8 Å². The van der Waals surface area contributed by atoms with Crippen LogP contribution in [0.2, 0.25) is 0 Å². The highest BCUT2D eigenvalue weighted by molar-refractivity contribution is 14.1. The van der Waals surface area contributed by atoms with E-state index >= 15 is 0 Å². The number of hydrogen-bond donors (Lipinski definition) is 1. The van der Waals surface area contributed by atoms with Crippen molar-refractivity contribution in [1.29, 1.82) is 0 Å². The number of aromatic nitrogens is 1. The van der Waals surface area contributed by atoms with Gasteiger partial charge in [0.05, 0.1) is 5.69 Å². The average molecular weight is 555 g/mol. The second-order valence-electron chi connectivity index (χ2n) is 7.63. The number of amides is 4. The highest BCUT2D eigenvalue weighted by atomic mass is 127. The number of rotatable bonds is 3. The summed E-state index contributed by atoms with van der Waals surface area (Å²) in [6.45, 7) is 3.94. The van der Waals surface area contributed by atoms with Gasteiger partial charge in [-0.15, -0.1) is 0 Å². The maximum Gasteiger partial charge on any atom is 0.335 e. The van der Waals surface area contributed by atoms with E-state index in [-0.39, 0.29) is 18.1 Å². The third kappa shape index (κ3) is 3.67. The summed E-state index contributed by atoms with van der Waals surface area (Å²) in [5.41, 5.74) is 3.66. The lowest BCUT2D eigenvalue weighted by Gasteiger charge is -2.26. The number of urea groups is 1. The van der Waals surface area contributed by atoms with Gasteiger partial charge in [0.1, 0.15) is 5.57 Å². The van der Waals surface area contributed by atoms with E-state index in [1.807, 2.05) is 44.2 Å². The Bertz CT molecular complexity index is 1360. The minimum absolute atomic E-state index is 0.0682. The van der Waals surface area contributed by atoms with E-state index < -0.39 is 17.8 Å². The Morgan fingerprint density at radius 1 is 0.939 bits per heavy atom. The zero-order valence-electron chi connectivity index (χ0n) is 17.7. The van der Waals surface area contributed by atoms with Crippen LogP contribution in [0, 0.1) is 17.4 Å². The van der Waals surface area contributed by atoms with Gasteiger partial charge in [-0.3, -0.25) is 14.9 Å². The van der Waals surface area contributed by atoms with Gasteiger partial charge in [-0.25, -0.2) is 9.69 Å². The van der Waals surface area contributed by atoms with Crippen LogP contribution in [-0.4, -0.2) is 29.2 Å². The summed E-state index contributed by atoms with van der Waals surface area (Å²) in [7, 11) is 0. The zero-order valence-corrected chi connectivity index (χ0v) is 19.9. The molecular formula is C24H18IN3O5. The molecule has 8 nitrogen and oxygen atoms in total. The molecule has 0 spiro atoms. The molecule has 0 unspecified atom stereocenters. The van der Waals surface area contributed by atoms with Gasteiger partial charge in [0, 0.05) is 26.7 Å². The first-order valence-electron chi connectivity index (χ1n) is 10.1. The molecule has 3 aromatic rings. The number of fused-ring (bicyclic) bond motifs is 1. The largest absolute Gasteiger partial charge is 0.454 e. The SMILES string of the molecule is Cc1cc(/C=C2\C(=O)NC(=O)N(c3ccc4c(c3)OCO4)C2=O)c(C)n1-c1ccc(I)cc1. The molecule has 0 atom stereocenters. The fourth-order valence-electron chi connectivity index (χ4n) is 3.99. The molecule has 3 heterocycles. The van der Waals surface area contributed by atoms with E-state index in [2.05, 4.69) is 32.5 Å². The van der Waals surface area contributed by atoms with Gasteiger partial charge in [0.2, 0.25) is 6.79 Å². The summed E-state index contributed by atoms with van der Waals surface area (Å²) in [5.74, 6) is -0.488. The minimum Gasteiger partial charge on any atom is -0.454 e. The van der Waals surface area contributed by atoms with Crippen molar-refractivity contribution in [3.05, 3.63) is 74.6 Å². The van der Waals surface area contributed by atoms with Gasteiger partial charge < -0.3 is 14.0 Å². The predicted molar refractivity (Wildman–Crippen MR) is 130 cm³/mol. The van der Waals surface area contributed by atoms with E-state index in [9.17, 15) is 14.4 Å². The number of anilines is 1. The highest BCUT2D eigenvalue weighted by Gasteiger charge is 2.37. The number of hydrogen-bond acceptors (Lipinski definition) is 5. The fraction of sp³-hybridized carbons (Fsp3) is 0.125. The summed E-state index contributed by atoms with van der Waals surface area (Å²) in [6.07, 6.45) is 1.52. The third-order valence-electron chi connectivity index (χ3n) is 5.57. The Balaban J connectivity index is 1.53. The van der Waals surface area contributed by atoms with Crippen molar-refractivity contribution in [2.24, 2.45) is 0 Å². The lowest BCUT2D eigenvalue weighted by molar-refractivity contribution is -0.122. The highest BCUT2D eigenvalue weighted by Crippen LogP contribution is 2.36. The van der Waals surface area contributed by atoms with Gasteiger partial charge in [-0.2, -0.15) is 0 Å². The standard InChI is InChI=1S/C24H18IN3O5/c1-13-9-15(14(2)27(13)17-5-3-16(25)4-6-17)10-19-22(29)26-24(31)28(23(19)30)18-7-8-20-21(11-18)33-12-32-20/h3-11H,12H2,1-2H3,(H,26,29,31)/b19-10+. The fourth-order valence-corrected chi connectivity index (χ4v) is 4.35. The van der Waals surface area contributed by atoms with E-state index in [4.69, 9.17) is 9.47 Å². The smallest absolute Gasteiger partial charge is 0.335 e. The lowest BCUT2D eigenvalue weighted by Crippen LogP contribution is -2.54. The molecule has 166 valence electrons. The van der Waals surface area contributed by atoms with Crippen molar-refractivity contribution in [1.82, 2.24) is 9.88 Å². The second kappa shape index (κ2) is 8.07. The van der Waals surface area contributed by atoms with Crippen LogP contribution in [0.1, 0.15) is 17.0 Å². The first-order chi connectivity index (χ1) is 15.8. The first kappa shape index (κ1) is 21.3. The maximum atomic E-state index is 13.3. The quantitative estimate of drug-likeness (QED) is 0.299. The molecule has 0 bridgehead atoms. The Labute approximate surface area is 202 Å². The van der Waals surface area contributed by atoms with Crippen molar-refractivity contribution in [2.75, 3.05) is 11.7 Å². The predicted octanol–water partition coefficient (Wildman–Crippen LogP) is 4.09. The molecule has 0 radical (unpaired) electrons. The Morgan fingerprint density at radius 3 is 2.39 bits per heavy atom. The average Bonchev–Trinajstić information content (AvgIpc) is 3.35. The van der Waals surface area contributed by atoms with Crippen LogP contribution < -0.4 is 19.7 Å². The normalized spacial score (nSPS) is 16.5. The summed E-state index contributed by atoms with van der Waals surface area (Å²) in [4.78, 5) is 39.3. The Morgan fingerprint density at radius 2 is 1.64 bits per heavy atom. The number of halogens is 1. The summed E-state index contributed by atoms with van der Waals surface area (Å²) in [5, 5.41) is 2.25. The summed E-state index contributed by atoms with van der Waals surface area (Å²) < 4.78 is 13.8. The van der Waals surface area contributed by atoms with Crippen LogP contribution in [0.25, 0.3) is 11.8 Å². The zero-order chi connectivity index (χ0) is 23.3. The topological polar surface area (TPSA) is 89.9 Å². The molecule has 2 aliphatic heterocycles. The number of imide groups is 2. The number of nitrogens with zero attached hydrogens (tertiary/aromatic N) is 2. The molecule has 1 aromatic heterocycles. The van der Waals surface area contributed by atoms with Crippen LogP contribution in [0.4, 0.5) is 10.5 Å². The molecule has 9 heteroatoms. The molecule has 1 fully saturated rings. The second-order valence-corrected chi connectivity index (χ2v) is 8.88. The van der Waals surface area contributed by atoms with Crippen molar-refractivity contribution < 1.29 is 23.9 Å². The number of nitrogens with one attached hydrogen (secondary N) is 1. The van der Waals surface area contributed by atoms with Gasteiger partial charge in [-0.1, -0.05) is 0 Å². The van der Waals surface area contributed by atoms with Gasteiger partial charge in [0.25, 0.3) is 11.8 Å². The summed E-state index contributed by atoms with van der Waals surface area (Å²) >= 11 is 2.25. The number of carbonyl (C=O) groups is 3. The molecule has 1 saturated heterocycles. The van der Waals surface area contributed by atoms with Crippen LogP contribution in [0.15, 0.2) is 54.1 Å². The first-order valence-corrected chi connectivity index (χ1v) is 11.2. The number of barbiturate groups is 1. The monoisotopic (exact) mass is 555 g/mol. The molecule has 0 aliphatic carbocycles. The number of ether oxygens (including phenoxy) is 2. The summed E-state index contributed by atoms with van der Waals surface area (Å²) in [6, 6.07) is 13.9. The van der Waals surface area contributed by atoms with Crippen LogP contribution in [0.3, 0.4) is 0 Å². The van der Waals surface area contributed by atoms with E-state index in [1.165, 1.54) is 12.1 Å². The molecule has 5 rings (SSSR count). The van der Waals surface area contributed by atoms with Crippen molar-refractivity contribution in [3.63, 3.8) is 0 Å². The minimum atomic E-state index is -0.814. The van der Waals surface area contributed by atoms with Crippen LogP contribution in [0.5, 0.6) is 11.5 Å². The molecule has 4 amide bonds. The van der Waals surface area contributed by atoms with Gasteiger partial charge in [-0.05, 0) is 90.5 Å². The lowest BCUT2D eigenvalue weighted by atomic mass is 10.1. The number of carbonyl (C=O) groups excluding carboxylic acids is 3. The number of aryl methyl sites for hydroxylation is 1. The van der Waals surface area contributed by atoms with Crippen LogP contribution >= 0.6 is 22.6 Å². The van der Waals surface area contributed by atoms with Gasteiger partial charge in [0.15, 0.2) is 11.5 Å². The molecule has 1 N–H and O–H groups in total. The third-order valence-corrected chi connectivity index (χ3v) is 6.29. The Kier molecular flexibility index (Phi) is 5.20. The maximum absolute atomic E-state index is 13.3. The van der Waals surface area contributed by atoms with Gasteiger partial charge >= 0.3 is 6.03 Å².